The van der Waals surface area contributed by atoms with Crippen LogP contribution in [0.15, 0.2) is 0 Å². The zero-order chi connectivity index (χ0) is 18.9. The van der Waals surface area contributed by atoms with Crippen LogP contribution in [0, 0.1) is 0 Å². The first kappa shape index (κ1) is 25.8. The van der Waals surface area contributed by atoms with Crippen molar-refractivity contribution in [3.8, 4) is 0 Å². The number of aliphatic hydroxyl groups is 2. The summed E-state index contributed by atoms with van der Waals surface area (Å²) in [5.74, 6) is -1.40. The van der Waals surface area contributed by atoms with Gasteiger partial charge in [0.15, 0.2) is 0 Å². The highest BCUT2D eigenvalue weighted by Gasteiger charge is 2.11. The first-order chi connectivity index (χ1) is 11.2. The fourth-order valence-electron chi connectivity index (χ4n) is 1.11. The normalized spacial score (nSPS) is 11.8. The summed E-state index contributed by atoms with van der Waals surface area (Å²) in [6, 6.07) is 0. The van der Waals surface area contributed by atoms with Crippen molar-refractivity contribution in [1.82, 2.24) is 0 Å². The predicted molar refractivity (Wildman–Crippen MR) is 84.1 cm³/mol. The molecule has 0 aliphatic rings. The SMILES string of the molecule is O=S(=O)(CCF)OCCCCOS(=O)(=O)CCF.OCCCCO. The van der Waals surface area contributed by atoms with E-state index in [-0.39, 0.29) is 39.3 Å². The van der Waals surface area contributed by atoms with E-state index in [9.17, 15) is 25.6 Å². The van der Waals surface area contributed by atoms with Crippen LogP contribution in [0.4, 0.5) is 8.78 Å². The van der Waals surface area contributed by atoms with Gasteiger partial charge in [-0.25, -0.2) is 8.78 Å². The van der Waals surface area contributed by atoms with E-state index in [1.54, 1.807) is 0 Å². The number of aliphatic hydroxyl groups excluding tert-OH is 2. The van der Waals surface area contributed by atoms with Crippen LogP contribution in [0.25, 0.3) is 0 Å². The predicted octanol–water partition coefficient (Wildman–Crippen LogP) is 0.150. The lowest BCUT2D eigenvalue weighted by Gasteiger charge is -2.05. The van der Waals surface area contributed by atoms with E-state index in [0.717, 1.165) is 12.8 Å². The molecule has 0 aromatic carbocycles. The second-order valence-electron chi connectivity index (χ2n) is 4.41. The Morgan fingerprint density at radius 1 is 0.667 bits per heavy atom. The molecular weight excluding hydrogens is 374 g/mol. The minimum absolute atomic E-state index is 0.172. The molecular formula is C12H26F2O8S2. The second-order valence-corrected chi connectivity index (χ2v) is 7.93. The van der Waals surface area contributed by atoms with E-state index in [4.69, 9.17) is 10.2 Å². The lowest BCUT2D eigenvalue weighted by atomic mass is 10.3. The molecule has 0 aromatic heterocycles. The molecule has 0 fully saturated rings. The Labute approximate surface area is 142 Å². The first-order valence-electron chi connectivity index (χ1n) is 7.32. The lowest BCUT2D eigenvalue weighted by Crippen LogP contribution is -2.14. The van der Waals surface area contributed by atoms with Gasteiger partial charge in [-0.15, -0.1) is 0 Å². The maximum atomic E-state index is 11.7. The number of halogens is 2. The maximum Gasteiger partial charge on any atom is 0.269 e. The van der Waals surface area contributed by atoms with Gasteiger partial charge >= 0.3 is 0 Å². The smallest absolute Gasteiger partial charge is 0.269 e. The van der Waals surface area contributed by atoms with Crippen LogP contribution in [-0.4, -0.2) is 78.3 Å². The van der Waals surface area contributed by atoms with Gasteiger partial charge in [0, 0.05) is 13.2 Å². The summed E-state index contributed by atoms with van der Waals surface area (Å²) < 4.78 is 75.8. The highest BCUT2D eigenvalue weighted by atomic mass is 32.2. The van der Waals surface area contributed by atoms with Crippen LogP contribution in [0.3, 0.4) is 0 Å². The number of unbranched alkanes of at least 4 members (excludes halogenated alkanes) is 2. The first-order valence-corrected chi connectivity index (χ1v) is 10.5. The van der Waals surface area contributed by atoms with Crippen molar-refractivity contribution in [3.05, 3.63) is 0 Å². The van der Waals surface area contributed by atoms with Gasteiger partial charge in [-0.3, -0.25) is 8.37 Å². The molecule has 0 heterocycles. The van der Waals surface area contributed by atoms with Gasteiger partial charge in [0.05, 0.1) is 13.2 Å². The van der Waals surface area contributed by atoms with Crippen LogP contribution >= 0.6 is 0 Å². The number of alkyl halides is 2. The average molecular weight is 400 g/mol. The highest BCUT2D eigenvalue weighted by Crippen LogP contribution is 2.01. The van der Waals surface area contributed by atoms with Crippen molar-refractivity contribution in [3.63, 3.8) is 0 Å². The molecule has 8 nitrogen and oxygen atoms in total. The van der Waals surface area contributed by atoms with Crippen molar-refractivity contribution in [2.75, 3.05) is 51.3 Å². The molecule has 0 saturated heterocycles. The molecule has 12 heteroatoms. The molecule has 0 amide bonds. The number of rotatable bonds is 14. The molecule has 0 aliphatic carbocycles. The third kappa shape index (κ3) is 19.6. The summed E-state index contributed by atoms with van der Waals surface area (Å²) in [7, 11) is -7.68. The molecule has 0 rings (SSSR count). The van der Waals surface area contributed by atoms with E-state index < -0.39 is 45.1 Å². The Morgan fingerprint density at radius 3 is 1.25 bits per heavy atom. The summed E-state index contributed by atoms with van der Waals surface area (Å²) in [6.07, 6.45) is 1.90. The topological polar surface area (TPSA) is 127 Å². The number of hydrogen-bond donors (Lipinski definition) is 2. The number of hydrogen-bond acceptors (Lipinski definition) is 8. The van der Waals surface area contributed by atoms with Crippen LogP contribution in [0.5, 0.6) is 0 Å². The third-order valence-electron chi connectivity index (χ3n) is 2.28. The summed E-state index contributed by atoms with van der Waals surface area (Å²) in [5.41, 5.74) is 0. The minimum Gasteiger partial charge on any atom is -0.396 e. The van der Waals surface area contributed by atoms with Gasteiger partial charge in [-0.1, -0.05) is 0 Å². The van der Waals surface area contributed by atoms with Gasteiger partial charge in [-0.2, -0.15) is 16.8 Å². The molecule has 0 bridgehead atoms. The average Bonchev–Trinajstić information content (AvgIpc) is 2.49. The molecule has 24 heavy (non-hydrogen) atoms. The Kier molecular flexibility index (Phi) is 17.3. The van der Waals surface area contributed by atoms with Crippen LogP contribution < -0.4 is 0 Å². The van der Waals surface area contributed by atoms with Crippen molar-refractivity contribution < 1.29 is 44.2 Å². The quantitative estimate of drug-likeness (QED) is 0.312. The van der Waals surface area contributed by atoms with Gasteiger partial charge < -0.3 is 10.2 Å². The lowest BCUT2D eigenvalue weighted by molar-refractivity contribution is 0.242. The molecule has 0 radical (unpaired) electrons. The van der Waals surface area contributed by atoms with Crippen molar-refractivity contribution >= 4 is 20.2 Å². The van der Waals surface area contributed by atoms with Crippen LogP contribution in [0.2, 0.25) is 0 Å². The molecule has 148 valence electrons. The standard InChI is InChI=1S/C8H16F2O6S2.C4H10O2/c9-3-7-17(11,12)15-5-1-2-6-16-18(13,14)8-4-10;5-3-1-2-4-6/h1-8H2;5-6H,1-4H2. The summed E-state index contributed by atoms with van der Waals surface area (Å²) in [4.78, 5) is 0. The van der Waals surface area contributed by atoms with E-state index in [1.807, 2.05) is 0 Å². The Balaban J connectivity index is 0. The van der Waals surface area contributed by atoms with E-state index in [2.05, 4.69) is 8.37 Å². The minimum atomic E-state index is -3.84. The Bertz CT molecular complexity index is 423. The molecule has 0 aromatic rings. The van der Waals surface area contributed by atoms with Gasteiger partial charge in [0.1, 0.15) is 24.9 Å². The largest absolute Gasteiger partial charge is 0.396 e. The molecule has 0 saturated carbocycles. The summed E-state index contributed by atoms with van der Waals surface area (Å²) in [6.45, 7) is -2.00. The highest BCUT2D eigenvalue weighted by molar-refractivity contribution is 7.87. The van der Waals surface area contributed by atoms with Crippen molar-refractivity contribution in [2.45, 2.75) is 25.7 Å². The molecule has 0 atom stereocenters. The fraction of sp³-hybridized carbons (Fsp3) is 1.00. The van der Waals surface area contributed by atoms with E-state index >= 15 is 0 Å². The van der Waals surface area contributed by atoms with Crippen LogP contribution in [0.1, 0.15) is 25.7 Å². The second kappa shape index (κ2) is 16.1. The zero-order valence-electron chi connectivity index (χ0n) is 13.4. The summed E-state index contributed by atoms with van der Waals surface area (Å²) >= 11 is 0. The Morgan fingerprint density at radius 2 is 1.00 bits per heavy atom. The molecule has 0 aliphatic heterocycles. The molecule has 2 N–H and O–H groups in total. The molecule has 0 spiro atoms. The fourth-order valence-corrected chi connectivity index (χ4v) is 2.46. The monoisotopic (exact) mass is 400 g/mol. The van der Waals surface area contributed by atoms with Gasteiger partial charge in [0.25, 0.3) is 20.2 Å². The van der Waals surface area contributed by atoms with Gasteiger partial charge in [-0.05, 0) is 25.7 Å². The third-order valence-corrected chi connectivity index (χ3v) is 4.65. The van der Waals surface area contributed by atoms with E-state index in [1.165, 1.54) is 0 Å². The van der Waals surface area contributed by atoms with Crippen LogP contribution in [-0.2, 0) is 28.6 Å². The van der Waals surface area contributed by atoms with Crippen molar-refractivity contribution in [2.24, 2.45) is 0 Å². The van der Waals surface area contributed by atoms with E-state index in [0.29, 0.717) is 0 Å². The van der Waals surface area contributed by atoms with Crippen molar-refractivity contribution in [1.29, 1.82) is 0 Å². The summed E-state index contributed by atoms with van der Waals surface area (Å²) in [5, 5.41) is 16.2. The molecule has 0 unspecified atom stereocenters. The maximum absolute atomic E-state index is 11.7. The Hall–Kier alpha value is -0.400. The zero-order valence-corrected chi connectivity index (χ0v) is 15.0. The van der Waals surface area contributed by atoms with Gasteiger partial charge in [0.2, 0.25) is 0 Å².